The van der Waals surface area contributed by atoms with Crippen molar-refractivity contribution in [2.24, 2.45) is 17.3 Å². The molecule has 4 heteroatoms. The average Bonchev–Trinajstić information content (AvgIpc) is 2.38. The van der Waals surface area contributed by atoms with Crippen molar-refractivity contribution in [2.75, 3.05) is 24.6 Å². The fourth-order valence-corrected chi connectivity index (χ4v) is 4.55. The molecular formula is C15H26N2OS. The van der Waals surface area contributed by atoms with E-state index in [0.717, 1.165) is 37.4 Å². The van der Waals surface area contributed by atoms with E-state index in [1.54, 1.807) is 0 Å². The molecule has 1 saturated heterocycles. The molecule has 0 aromatic carbocycles. The van der Waals surface area contributed by atoms with Gasteiger partial charge in [-0.1, -0.05) is 20.8 Å². The summed E-state index contributed by atoms with van der Waals surface area (Å²) in [5.41, 5.74) is 0.331. The Balaban J connectivity index is 2.06. The highest BCUT2D eigenvalue weighted by atomic mass is 32.2. The number of nitrogens with zero attached hydrogens (tertiary/aromatic N) is 2. The Morgan fingerprint density at radius 2 is 1.84 bits per heavy atom. The predicted octanol–water partition coefficient (Wildman–Crippen LogP) is 2.41. The molecule has 19 heavy (non-hydrogen) atoms. The van der Waals surface area contributed by atoms with Crippen molar-refractivity contribution < 1.29 is 4.21 Å². The van der Waals surface area contributed by atoms with Crippen molar-refractivity contribution in [3.8, 4) is 6.07 Å². The van der Waals surface area contributed by atoms with Crippen LogP contribution in [0, 0.1) is 28.6 Å². The lowest BCUT2D eigenvalue weighted by Gasteiger charge is -2.45. The lowest BCUT2D eigenvalue weighted by Crippen LogP contribution is -2.50. The third-order valence-electron chi connectivity index (χ3n) is 4.89. The molecule has 3 unspecified atom stereocenters. The lowest BCUT2D eigenvalue weighted by molar-refractivity contribution is 0.0657. The van der Waals surface area contributed by atoms with Gasteiger partial charge in [-0.15, -0.1) is 0 Å². The molecule has 1 saturated carbocycles. The van der Waals surface area contributed by atoms with Crippen LogP contribution >= 0.6 is 0 Å². The smallest absolute Gasteiger partial charge is 0.0672 e. The number of nitriles is 1. The summed E-state index contributed by atoms with van der Waals surface area (Å²) in [7, 11) is -0.629. The Bertz CT molecular complexity index is 373. The summed E-state index contributed by atoms with van der Waals surface area (Å²) in [5.74, 6) is 2.45. The van der Waals surface area contributed by atoms with E-state index in [4.69, 9.17) is 0 Å². The largest absolute Gasteiger partial charge is 0.297 e. The van der Waals surface area contributed by atoms with Crippen molar-refractivity contribution in [3.05, 3.63) is 0 Å². The van der Waals surface area contributed by atoms with Gasteiger partial charge in [-0.2, -0.15) is 5.26 Å². The standard InChI is InChI=1S/C15H26N2OS/c1-15(2,3)13-5-4-12(11-16)14(10-13)17-6-8-19(18)9-7-17/h12-14H,4-10H2,1-3H3. The monoisotopic (exact) mass is 282 g/mol. The van der Waals surface area contributed by atoms with Gasteiger partial charge in [0.25, 0.3) is 0 Å². The van der Waals surface area contributed by atoms with Gasteiger partial charge in [-0.05, 0) is 30.6 Å². The van der Waals surface area contributed by atoms with Crippen molar-refractivity contribution in [1.82, 2.24) is 4.90 Å². The molecule has 2 rings (SSSR count). The highest BCUT2D eigenvalue weighted by Gasteiger charge is 2.39. The van der Waals surface area contributed by atoms with Gasteiger partial charge in [-0.3, -0.25) is 9.11 Å². The minimum Gasteiger partial charge on any atom is -0.297 e. The van der Waals surface area contributed by atoms with Gasteiger partial charge in [-0.25, -0.2) is 0 Å². The normalized spacial score (nSPS) is 34.9. The maximum Gasteiger partial charge on any atom is 0.0672 e. The van der Waals surface area contributed by atoms with E-state index in [-0.39, 0.29) is 5.92 Å². The average molecular weight is 282 g/mol. The highest BCUT2D eigenvalue weighted by Crippen LogP contribution is 2.41. The molecule has 108 valence electrons. The Hall–Kier alpha value is -0.400. The quantitative estimate of drug-likeness (QED) is 0.742. The third kappa shape index (κ3) is 3.58. The topological polar surface area (TPSA) is 44.1 Å². The maximum absolute atomic E-state index is 11.5. The molecule has 2 aliphatic rings. The van der Waals surface area contributed by atoms with Crippen LogP contribution < -0.4 is 0 Å². The van der Waals surface area contributed by atoms with E-state index in [0.29, 0.717) is 17.4 Å². The molecule has 0 radical (unpaired) electrons. The molecule has 1 aliphatic heterocycles. The number of hydrogen-bond acceptors (Lipinski definition) is 3. The summed E-state index contributed by atoms with van der Waals surface area (Å²) in [5, 5.41) is 9.40. The van der Waals surface area contributed by atoms with Gasteiger partial charge in [0.15, 0.2) is 0 Å². The van der Waals surface area contributed by atoms with Crippen molar-refractivity contribution in [1.29, 1.82) is 5.26 Å². The maximum atomic E-state index is 11.5. The van der Waals surface area contributed by atoms with Crippen LogP contribution in [0.1, 0.15) is 40.0 Å². The molecule has 1 aliphatic carbocycles. The zero-order valence-electron chi connectivity index (χ0n) is 12.4. The second-order valence-corrected chi connectivity index (χ2v) is 8.76. The molecule has 3 atom stereocenters. The van der Waals surface area contributed by atoms with Crippen LogP contribution in [0.25, 0.3) is 0 Å². The van der Waals surface area contributed by atoms with Gasteiger partial charge in [0, 0.05) is 41.4 Å². The third-order valence-corrected chi connectivity index (χ3v) is 6.16. The van der Waals surface area contributed by atoms with Gasteiger partial charge in [0.1, 0.15) is 0 Å². The van der Waals surface area contributed by atoms with Gasteiger partial charge >= 0.3 is 0 Å². The zero-order chi connectivity index (χ0) is 14.0. The molecular weight excluding hydrogens is 256 g/mol. The second kappa shape index (κ2) is 5.93. The Morgan fingerprint density at radius 1 is 1.21 bits per heavy atom. The lowest BCUT2D eigenvalue weighted by atomic mass is 9.68. The van der Waals surface area contributed by atoms with Gasteiger partial charge < -0.3 is 0 Å². The molecule has 0 spiro atoms. The Kier molecular flexibility index (Phi) is 4.68. The molecule has 0 aromatic rings. The van der Waals surface area contributed by atoms with E-state index in [2.05, 4.69) is 31.7 Å². The summed E-state index contributed by atoms with van der Waals surface area (Å²) in [6.07, 6.45) is 3.34. The minimum absolute atomic E-state index is 0.171. The zero-order valence-corrected chi connectivity index (χ0v) is 13.2. The second-order valence-electron chi connectivity index (χ2n) is 7.06. The van der Waals surface area contributed by atoms with E-state index >= 15 is 0 Å². The van der Waals surface area contributed by atoms with Crippen LogP contribution in [0.5, 0.6) is 0 Å². The first-order valence-electron chi connectivity index (χ1n) is 7.40. The van der Waals surface area contributed by atoms with Crippen LogP contribution in [0.15, 0.2) is 0 Å². The van der Waals surface area contributed by atoms with Crippen LogP contribution in [0.4, 0.5) is 0 Å². The van der Waals surface area contributed by atoms with Crippen LogP contribution in [0.2, 0.25) is 0 Å². The Labute approximate surface area is 119 Å². The van der Waals surface area contributed by atoms with E-state index in [9.17, 15) is 9.47 Å². The summed E-state index contributed by atoms with van der Waals surface area (Å²) in [6.45, 7) is 8.75. The predicted molar refractivity (Wildman–Crippen MR) is 79.1 cm³/mol. The fraction of sp³-hybridized carbons (Fsp3) is 0.933. The summed E-state index contributed by atoms with van der Waals surface area (Å²) < 4.78 is 11.5. The highest BCUT2D eigenvalue weighted by molar-refractivity contribution is 7.85. The summed E-state index contributed by atoms with van der Waals surface area (Å²) in [4.78, 5) is 2.44. The van der Waals surface area contributed by atoms with Crippen molar-refractivity contribution >= 4 is 10.8 Å². The molecule has 1 heterocycles. The molecule has 3 nitrogen and oxygen atoms in total. The summed E-state index contributed by atoms with van der Waals surface area (Å²) in [6, 6.07) is 2.91. The van der Waals surface area contributed by atoms with Crippen molar-refractivity contribution in [3.63, 3.8) is 0 Å². The SMILES string of the molecule is CC(C)(C)C1CCC(C#N)C(N2CCS(=O)CC2)C1. The number of hydrogen-bond donors (Lipinski definition) is 0. The minimum atomic E-state index is -0.629. The fourth-order valence-electron chi connectivity index (χ4n) is 3.47. The molecule has 0 bridgehead atoms. The van der Waals surface area contributed by atoms with Gasteiger partial charge in [0.05, 0.1) is 12.0 Å². The Morgan fingerprint density at radius 3 is 2.37 bits per heavy atom. The first-order valence-corrected chi connectivity index (χ1v) is 8.89. The van der Waals surface area contributed by atoms with Crippen LogP contribution in [-0.2, 0) is 10.8 Å². The van der Waals surface area contributed by atoms with E-state index < -0.39 is 10.8 Å². The number of rotatable bonds is 1. The van der Waals surface area contributed by atoms with Crippen LogP contribution in [-0.4, -0.2) is 39.7 Å². The van der Waals surface area contributed by atoms with Crippen molar-refractivity contribution in [2.45, 2.75) is 46.1 Å². The molecule has 0 aromatic heterocycles. The van der Waals surface area contributed by atoms with Crippen LogP contribution in [0.3, 0.4) is 0 Å². The molecule has 2 fully saturated rings. The van der Waals surface area contributed by atoms with E-state index in [1.165, 1.54) is 6.42 Å². The van der Waals surface area contributed by atoms with E-state index in [1.807, 2.05) is 0 Å². The van der Waals surface area contributed by atoms with Gasteiger partial charge in [0.2, 0.25) is 0 Å². The first kappa shape index (κ1) is 15.0. The molecule has 0 N–H and O–H groups in total. The molecule has 0 amide bonds. The first-order chi connectivity index (χ1) is 8.91. The summed E-state index contributed by atoms with van der Waals surface area (Å²) >= 11 is 0.